The first-order chi connectivity index (χ1) is 11.6. The number of likely N-dealkylation sites (tertiary alicyclic amines) is 1. The third-order valence-electron chi connectivity index (χ3n) is 5.08. The summed E-state index contributed by atoms with van der Waals surface area (Å²) in [6, 6.07) is 8.69. The molecule has 0 bridgehead atoms. The topological polar surface area (TPSA) is 54.5 Å². The highest BCUT2D eigenvalue weighted by molar-refractivity contribution is 5.99. The van der Waals surface area contributed by atoms with Gasteiger partial charge in [-0.1, -0.05) is 0 Å². The Kier molecular flexibility index (Phi) is 3.88. The normalized spacial score (nSPS) is 21.2. The van der Waals surface area contributed by atoms with Crippen molar-refractivity contribution in [3.63, 3.8) is 0 Å². The van der Waals surface area contributed by atoms with Gasteiger partial charge in [-0.25, -0.2) is 0 Å². The van der Waals surface area contributed by atoms with Gasteiger partial charge < -0.3 is 10.1 Å². The second-order valence-corrected chi connectivity index (χ2v) is 6.87. The smallest absolute Gasteiger partial charge is 0.253 e. The Balaban J connectivity index is 1.52. The zero-order valence-corrected chi connectivity index (χ0v) is 14.2. The maximum absolute atomic E-state index is 12.7. The molecule has 1 aromatic carbocycles. The van der Waals surface area contributed by atoms with Crippen LogP contribution in [0.4, 0.5) is 0 Å². The molecular weight excluding hydrogens is 302 g/mol. The summed E-state index contributed by atoms with van der Waals surface area (Å²) in [4.78, 5) is 19.8. The van der Waals surface area contributed by atoms with Crippen LogP contribution in [-0.2, 0) is 0 Å². The molecule has 2 aliphatic rings. The number of benzene rings is 1. The van der Waals surface area contributed by atoms with Crippen molar-refractivity contribution in [2.45, 2.75) is 38.3 Å². The third-order valence-corrected chi connectivity index (χ3v) is 5.08. The highest BCUT2D eigenvalue weighted by Gasteiger charge is 2.34. The van der Waals surface area contributed by atoms with Gasteiger partial charge in [0.2, 0.25) is 0 Å². The quantitative estimate of drug-likeness (QED) is 0.938. The maximum atomic E-state index is 12.7. The Morgan fingerprint density at radius 2 is 2.12 bits per heavy atom. The monoisotopic (exact) mass is 325 g/mol. The number of aryl methyl sites for hydroxylation is 1. The van der Waals surface area contributed by atoms with Gasteiger partial charge in [0.15, 0.2) is 0 Å². The number of aromatic nitrogens is 1. The van der Waals surface area contributed by atoms with Gasteiger partial charge in [0.25, 0.3) is 5.91 Å². The van der Waals surface area contributed by atoms with E-state index in [2.05, 4.69) is 15.2 Å². The molecule has 1 N–H and O–H groups in total. The average Bonchev–Trinajstić information content (AvgIpc) is 3.33. The minimum absolute atomic E-state index is 0.0136. The molecule has 1 saturated carbocycles. The zero-order valence-electron chi connectivity index (χ0n) is 14.2. The summed E-state index contributed by atoms with van der Waals surface area (Å²) in [5.74, 6) is 0.762. The van der Waals surface area contributed by atoms with Crippen LogP contribution in [0.5, 0.6) is 5.75 Å². The Bertz CT molecular complexity index is 786. The first-order valence-electron chi connectivity index (χ1n) is 8.64. The molecule has 5 heteroatoms. The number of hydrogen-bond donors (Lipinski definition) is 1. The van der Waals surface area contributed by atoms with Gasteiger partial charge in [-0.05, 0) is 44.4 Å². The maximum Gasteiger partial charge on any atom is 0.253 e. The fraction of sp³-hybridized carbons (Fsp3) is 0.474. The van der Waals surface area contributed by atoms with Gasteiger partial charge in [-0.2, -0.15) is 0 Å². The van der Waals surface area contributed by atoms with Crippen LogP contribution in [0.3, 0.4) is 0 Å². The number of nitrogens with one attached hydrogen (secondary N) is 1. The van der Waals surface area contributed by atoms with Crippen LogP contribution in [0.2, 0.25) is 0 Å². The summed E-state index contributed by atoms with van der Waals surface area (Å²) < 4.78 is 5.24. The number of fused-ring (bicyclic) bond motifs is 1. The van der Waals surface area contributed by atoms with Crippen LogP contribution in [0.15, 0.2) is 24.3 Å². The molecule has 1 aliphatic carbocycles. The van der Waals surface area contributed by atoms with Gasteiger partial charge in [0.05, 0.1) is 23.9 Å². The number of amides is 1. The van der Waals surface area contributed by atoms with E-state index >= 15 is 0 Å². The molecule has 1 aromatic heterocycles. The number of nitrogens with zero attached hydrogens (tertiary/aromatic N) is 2. The van der Waals surface area contributed by atoms with Crippen molar-refractivity contribution in [3.05, 3.63) is 35.5 Å². The van der Waals surface area contributed by atoms with Crippen LogP contribution in [-0.4, -0.2) is 48.1 Å². The molecule has 126 valence electrons. The Morgan fingerprint density at radius 3 is 2.88 bits per heavy atom. The van der Waals surface area contributed by atoms with Gasteiger partial charge in [-0.15, -0.1) is 0 Å². The molecule has 1 aliphatic heterocycles. The number of ether oxygens (including phenoxy) is 1. The summed E-state index contributed by atoms with van der Waals surface area (Å²) in [6.07, 6.45) is 3.68. The lowest BCUT2D eigenvalue weighted by atomic mass is 10.1. The zero-order chi connectivity index (χ0) is 16.7. The van der Waals surface area contributed by atoms with Crippen molar-refractivity contribution < 1.29 is 9.53 Å². The molecule has 0 unspecified atom stereocenters. The van der Waals surface area contributed by atoms with E-state index in [0.717, 1.165) is 47.9 Å². The molecule has 2 aromatic rings. The van der Waals surface area contributed by atoms with Gasteiger partial charge in [-0.3, -0.25) is 14.7 Å². The summed E-state index contributed by atoms with van der Waals surface area (Å²) >= 11 is 0. The molecule has 1 saturated heterocycles. The molecular formula is C19H23N3O2. The molecule has 2 heterocycles. The predicted octanol–water partition coefficient (Wildman–Crippen LogP) is 2.52. The van der Waals surface area contributed by atoms with Gasteiger partial charge >= 0.3 is 0 Å². The van der Waals surface area contributed by atoms with Crippen LogP contribution in [0.1, 0.15) is 35.3 Å². The number of pyridine rings is 1. The highest BCUT2D eigenvalue weighted by atomic mass is 16.5. The fourth-order valence-electron chi connectivity index (χ4n) is 3.54. The van der Waals surface area contributed by atoms with E-state index < -0.39 is 0 Å². The fourth-order valence-corrected chi connectivity index (χ4v) is 3.54. The average molecular weight is 325 g/mol. The number of methoxy groups -OCH3 is 1. The van der Waals surface area contributed by atoms with Crippen molar-refractivity contribution in [1.82, 2.24) is 15.2 Å². The molecule has 4 rings (SSSR count). The van der Waals surface area contributed by atoms with Crippen molar-refractivity contribution in [1.29, 1.82) is 0 Å². The molecule has 2 fully saturated rings. The van der Waals surface area contributed by atoms with Crippen molar-refractivity contribution in [3.8, 4) is 5.75 Å². The summed E-state index contributed by atoms with van der Waals surface area (Å²) in [5.41, 5.74) is 2.27. The van der Waals surface area contributed by atoms with Crippen LogP contribution in [0, 0.1) is 6.92 Å². The molecule has 1 atom stereocenters. The largest absolute Gasteiger partial charge is 0.497 e. The number of rotatable bonds is 4. The number of hydrogen-bond acceptors (Lipinski definition) is 4. The van der Waals surface area contributed by atoms with E-state index in [4.69, 9.17) is 4.74 Å². The minimum atomic E-state index is -0.0136. The second-order valence-electron chi connectivity index (χ2n) is 6.87. The van der Waals surface area contributed by atoms with E-state index in [1.165, 1.54) is 12.8 Å². The lowest BCUT2D eigenvalue weighted by Crippen LogP contribution is -2.37. The summed E-state index contributed by atoms with van der Waals surface area (Å²) in [5, 5.41) is 4.15. The number of carbonyl (C=O) groups excluding carboxylic acids is 1. The van der Waals surface area contributed by atoms with Crippen molar-refractivity contribution in [2.24, 2.45) is 0 Å². The lowest BCUT2D eigenvalue weighted by Gasteiger charge is -2.16. The highest BCUT2D eigenvalue weighted by Crippen LogP contribution is 2.30. The number of carbonyl (C=O) groups is 1. The molecule has 0 spiro atoms. The standard InChI is InChI=1S/C19H23N3O2/c1-12-17(9-13-3-6-16(24-2)10-18(13)20-12)19(23)21-14-7-8-22(11-14)15-4-5-15/h3,6,9-10,14-15H,4-5,7-8,11H2,1-2H3,(H,21,23)/t14-/m1/s1. The molecule has 0 radical (unpaired) electrons. The first kappa shape index (κ1) is 15.4. The van der Waals surface area contributed by atoms with Gasteiger partial charge in [0, 0.05) is 36.6 Å². The minimum Gasteiger partial charge on any atom is -0.497 e. The van der Waals surface area contributed by atoms with E-state index in [1.807, 2.05) is 31.2 Å². The van der Waals surface area contributed by atoms with Gasteiger partial charge in [0.1, 0.15) is 5.75 Å². The van der Waals surface area contributed by atoms with Crippen LogP contribution in [0.25, 0.3) is 10.9 Å². The van der Waals surface area contributed by atoms with Crippen LogP contribution < -0.4 is 10.1 Å². The van der Waals surface area contributed by atoms with E-state index in [0.29, 0.717) is 5.56 Å². The summed E-state index contributed by atoms with van der Waals surface area (Å²) in [6.45, 7) is 3.97. The van der Waals surface area contributed by atoms with E-state index in [9.17, 15) is 4.79 Å². The van der Waals surface area contributed by atoms with Crippen LogP contribution >= 0.6 is 0 Å². The molecule has 1 amide bonds. The molecule has 24 heavy (non-hydrogen) atoms. The first-order valence-corrected chi connectivity index (χ1v) is 8.64. The van der Waals surface area contributed by atoms with Crippen molar-refractivity contribution in [2.75, 3.05) is 20.2 Å². The Hall–Kier alpha value is -2.14. The van der Waals surface area contributed by atoms with E-state index in [1.54, 1.807) is 7.11 Å². The SMILES string of the molecule is COc1ccc2cc(C(=O)N[C@@H]3CCN(C4CC4)C3)c(C)nc2c1. The lowest BCUT2D eigenvalue weighted by molar-refractivity contribution is 0.0936. The third kappa shape index (κ3) is 2.96. The Morgan fingerprint density at radius 1 is 1.29 bits per heavy atom. The summed E-state index contributed by atoms with van der Waals surface area (Å²) in [7, 11) is 1.64. The van der Waals surface area contributed by atoms with E-state index in [-0.39, 0.29) is 11.9 Å². The molecule has 5 nitrogen and oxygen atoms in total. The predicted molar refractivity (Wildman–Crippen MR) is 93.5 cm³/mol. The Labute approximate surface area is 142 Å². The van der Waals surface area contributed by atoms with Crippen molar-refractivity contribution >= 4 is 16.8 Å². The second kappa shape index (κ2) is 6.06.